The first-order chi connectivity index (χ1) is 19.5. The summed E-state index contributed by atoms with van der Waals surface area (Å²) in [6.07, 6.45) is 2.29. The number of rotatable bonds is 11. The van der Waals surface area contributed by atoms with Crippen molar-refractivity contribution in [2.45, 2.75) is 43.8 Å². The fourth-order valence-electron chi connectivity index (χ4n) is 5.83. The minimum absolute atomic E-state index is 0.0427. The molecule has 2 amide bonds. The van der Waals surface area contributed by atoms with E-state index in [9.17, 15) is 14.4 Å². The number of fused-ring (bicyclic) bond motifs is 3. The van der Waals surface area contributed by atoms with Crippen molar-refractivity contribution < 1.29 is 28.6 Å². The Bertz CT molecular complexity index is 1370. The van der Waals surface area contributed by atoms with Gasteiger partial charge >= 0.3 is 12.1 Å². The van der Waals surface area contributed by atoms with Gasteiger partial charge in [-0.3, -0.25) is 9.59 Å². The molecule has 6 rings (SSSR count). The lowest BCUT2D eigenvalue weighted by molar-refractivity contribution is -0.161. The van der Waals surface area contributed by atoms with Gasteiger partial charge in [-0.1, -0.05) is 78.9 Å². The molecule has 0 spiro atoms. The molecule has 3 aromatic rings. The molecule has 3 aliphatic rings. The van der Waals surface area contributed by atoms with Gasteiger partial charge in [0.2, 0.25) is 5.91 Å². The van der Waals surface area contributed by atoms with E-state index in [1.54, 1.807) is 0 Å². The molecule has 0 aromatic heterocycles. The number of carbonyl (C=O) groups excluding carboxylic acids is 3. The normalized spacial score (nSPS) is 17.2. The molecule has 8 nitrogen and oxygen atoms in total. The molecule has 0 radical (unpaired) electrons. The maximum absolute atomic E-state index is 12.9. The zero-order valence-electron chi connectivity index (χ0n) is 22.2. The van der Waals surface area contributed by atoms with Crippen LogP contribution in [0.4, 0.5) is 4.79 Å². The Morgan fingerprint density at radius 1 is 0.750 bits per heavy atom. The minimum atomic E-state index is -0.658. The zero-order chi connectivity index (χ0) is 27.6. The first-order valence-electron chi connectivity index (χ1n) is 13.7. The summed E-state index contributed by atoms with van der Waals surface area (Å²) in [6.45, 7) is 0.127. The quantitative estimate of drug-likeness (QED) is 0.271. The Morgan fingerprint density at radius 3 is 2.00 bits per heavy atom. The average molecular weight is 541 g/mol. The summed E-state index contributed by atoms with van der Waals surface area (Å²) >= 11 is 0. The fourth-order valence-corrected chi connectivity index (χ4v) is 5.83. The summed E-state index contributed by atoms with van der Waals surface area (Å²) in [5, 5.41) is 5.18. The number of esters is 1. The van der Waals surface area contributed by atoms with Crippen molar-refractivity contribution in [1.29, 1.82) is 0 Å². The van der Waals surface area contributed by atoms with Crippen LogP contribution in [0.1, 0.15) is 48.3 Å². The lowest BCUT2D eigenvalue weighted by Crippen LogP contribution is -2.42. The summed E-state index contributed by atoms with van der Waals surface area (Å²) < 4.78 is 17.1. The molecule has 8 heteroatoms. The van der Waals surface area contributed by atoms with Crippen LogP contribution in [-0.2, 0) is 30.4 Å². The van der Waals surface area contributed by atoms with Gasteiger partial charge in [-0.05, 0) is 53.5 Å². The third kappa shape index (κ3) is 5.07. The molecule has 0 aliphatic heterocycles. The Kier molecular flexibility index (Phi) is 7.02. The van der Waals surface area contributed by atoms with Crippen molar-refractivity contribution in [1.82, 2.24) is 10.6 Å². The molecule has 40 heavy (non-hydrogen) atoms. The van der Waals surface area contributed by atoms with Crippen LogP contribution in [0.15, 0.2) is 78.9 Å². The molecule has 0 saturated heterocycles. The molecule has 2 fully saturated rings. The van der Waals surface area contributed by atoms with Crippen molar-refractivity contribution in [3.63, 3.8) is 0 Å². The maximum Gasteiger partial charge on any atom is 0.407 e. The molecule has 3 aromatic carbocycles. The van der Waals surface area contributed by atoms with Gasteiger partial charge in [-0.25, -0.2) is 4.79 Å². The molecular formula is C32H32N2O6. The molecule has 2 N–H and O–H groups in total. The van der Waals surface area contributed by atoms with Gasteiger partial charge in [0.05, 0.1) is 11.0 Å². The van der Waals surface area contributed by atoms with Crippen molar-refractivity contribution in [3.05, 3.63) is 95.6 Å². The van der Waals surface area contributed by atoms with Crippen LogP contribution in [0, 0.1) is 5.41 Å². The van der Waals surface area contributed by atoms with Gasteiger partial charge in [-0.15, -0.1) is 0 Å². The number of carbonyl (C=O) groups is 3. The van der Waals surface area contributed by atoms with E-state index in [0.29, 0.717) is 0 Å². The summed E-state index contributed by atoms with van der Waals surface area (Å²) in [4.78, 5) is 37.6. The lowest BCUT2D eigenvalue weighted by atomic mass is 9.96. The smallest absolute Gasteiger partial charge is 0.407 e. The Hall–Kier alpha value is -4.17. The minimum Gasteiger partial charge on any atom is -0.460 e. The molecule has 206 valence electrons. The summed E-state index contributed by atoms with van der Waals surface area (Å²) in [6, 6.07) is 25.8. The highest BCUT2D eigenvalue weighted by Gasteiger charge is 2.72. The van der Waals surface area contributed by atoms with Gasteiger partial charge in [0.1, 0.15) is 26.5 Å². The van der Waals surface area contributed by atoms with Crippen LogP contribution in [0.5, 0.6) is 0 Å². The highest BCUT2D eigenvalue weighted by molar-refractivity contribution is 5.83. The topological polar surface area (TPSA) is 103 Å². The van der Waals surface area contributed by atoms with E-state index < -0.39 is 23.0 Å². The second-order valence-electron chi connectivity index (χ2n) is 10.7. The second kappa shape index (κ2) is 10.8. The summed E-state index contributed by atoms with van der Waals surface area (Å²) in [7, 11) is 0. The highest BCUT2D eigenvalue weighted by Crippen LogP contribution is 2.66. The van der Waals surface area contributed by atoms with Crippen LogP contribution in [0.2, 0.25) is 0 Å². The number of alkyl carbamates (subject to hydrolysis) is 1. The standard InChI is InChI=1S/C32H32N2O6/c35-28(18-33-30(37)39-20-27-25-12-6-4-10-23(25)24-11-5-7-13-26(24)27)34-21-40-32(16-17-32)31(14-15-31)29(36)38-19-22-8-2-1-3-9-22/h1-13,27H,14-21H2,(H,33,37)(H,34,35). The molecule has 0 unspecified atom stereocenters. The van der Waals surface area contributed by atoms with E-state index in [1.807, 2.05) is 54.6 Å². The van der Waals surface area contributed by atoms with Crippen LogP contribution < -0.4 is 10.6 Å². The number of ether oxygens (including phenoxy) is 3. The van der Waals surface area contributed by atoms with Crippen LogP contribution in [0.25, 0.3) is 11.1 Å². The van der Waals surface area contributed by atoms with Crippen LogP contribution in [0.3, 0.4) is 0 Å². The van der Waals surface area contributed by atoms with E-state index in [-0.39, 0.29) is 38.4 Å². The van der Waals surface area contributed by atoms with Crippen LogP contribution in [-0.4, -0.2) is 43.5 Å². The Labute approximate surface area is 233 Å². The Balaban J connectivity index is 0.930. The van der Waals surface area contributed by atoms with E-state index in [0.717, 1.165) is 53.5 Å². The van der Waals surface area contributed by atoms with Gasteiger partial charge in [-0.2, -0.15) is 0 Å². The monoisotopic (exact) mass is 540 g/mol. The lowest BCUT2D eigenvalue weighted by Gasteiger charge is -2.25. The third-order valence-corrected chi connectivity index (χ3v) is 8.28. The second-order valence-corrected chi connectivity index (χ2v) is 10.7. The maximum atomic E-state index is 12.9. The largest absolute Gasteiger partial charge is 0.460 e. The average Bonchev–Trinajstić information content (AvgIpc) is 3.92. The Morgan fingerprint density at radius 2 is 1.38 bits per heavy atom. The predicted octanol–water partition coefficient (Wildman–Crippen LogP) is 4.67. The molecule has 0 bridgehead atoms. The number of benzene rings is 3. The highest BCUT2D eigenvalue weighted by atomic mass is 16.6. The molecule has 3 aliphatic carbocycles. The van der Waals surface area contributed by atoms with Gasteiger partial charge < -0.3 is 24.8 Å². The van der Waals surface area contributed by atoms with Gasteiger partial charge in [0.25, 0.3) is 0 Å². The number of nitrogens with one attached hydrogen (secondary N) is 2. The van der Waals surface area contributed by atoms with Gasteiger partial charge in [0, 0.05) is 5.92 Å². The molecule has 0 atom stereocenters. The van der Waals surface area contributed by atoms with Crippen molar-refractivity contribution in [2.75, 3.05) is 19.9 Å². The number of hydrogen-bond acceptors (Lipinski definition) is 6. The van der Waals surface area contributed by atoms with E-state index in [2.05, 4.69) is 34.9 Å². The summed E-state index contributed by atoms with van der Waals surface area (Å²) in [5.41, 5.74) is 4.26. The molecule has 2 saturated carbocycles. The SMILES string of the molecule is O=C(CNC(=O)OCC1c2ccccc2-c2ccccc21)NCOC1(C2(C(=O)OCc3ccccc3)CC2)CC1. The first kappa shape index (κ1) is 26.1. The molecular weight excluding hydrogens is 508 g/mol. The van der Waals surface area contributed by atoms with Crippen molar-refractivity contribution in [2.24, 2.45) is 5.41 Å². The summed E-state index contributed by atoms with van der Waals surface area (Å²) in [5.74, 6) is -0.692. The fraction of sp³-hybridized carbons (Fsp3) is 0.344. The van der Waals surface area contributed by atoms with E-state index >= 15 is 0 Å². The number of hydrogen-bond donors (Lipinski definition) is 2. The third-order valence-electron chi connectivity index (χ3n) is 8.28. The predicted molar refractivity (Wildman–Crippen MR) is 147 cm³/mol. The van der Waals surface area contributed by atoms with E-state index in [4.69, 9.17) is 14.2 Å². The van der Waals surface area contributed by atoms with Crippen molar-refractivity contribution in [3.8, 4) is 11.1 Å². The van der Waals surface area contributed by atoms with Crippen molar-refractivity contribution >= 4 is 18.0 Å². The first-order valence-corrected chi connectivity index (χ1v) is 13.7. The molecule has 0 heterocycles. The van der Waals surface area contributed by atoms with E-state index in [1.165, 1.54) is 0 Å². The van der Waals surface area contributed by atoms with Gasteiger partial charge in [0.15, 0.2) is 0 Å². The van der Waals surface area contributed by atoms with Crippen LogP contribution >= 0.6 is 0 Å². The number of amides is 2. The zero-order valence-corrected chi connectivity index (χ0v) is 22.2.